The highest BCUT2D eigenvalue weighted by Crippen LogP contribution is 2.24. The number of anilines is 1. The highest BCUT2D eigenvalue weighted by molar-refractivity contribution is 5.91. The molecule has 142 valence electrons. The molecule has 28 heavy (non-hydrogen) atoms. The average Bonchev–Trinajstić information content (AvgIpc) is 3.16. The topological polar surface area (TPSA) is 88.8 Å². The summed E-state index contributed by atoms with van der Waals surface area (Å²) in [6, 6.07) is 8.13. The Bertz CT molecular complexity index is 1040. The molecule has 4 heterocycles. The number of rotatable bonds is 2. The number of fused-ring (bicyclic) bond motifs is 2. The number of aromatic nitrogens is 5. The summed E-state index contributed by atoms with van der Waals surface area (Å²) in [6.45, 7) is 2.55. The van der Waals surface area contributed by atoms with E-state index in [1.807, 2.05) is 6.07 Å². The van der Waals surface area contributed by atoms with E-state index < -0.39 is 0 Å². The second-order valence-electron chi connectivity index (χ2n) is 6.95. The molecule has 1 N–H and O–H groups in total. The van der Waals surface area contributed by atoms with E-state index in [4.69, 9.17) is 0 Å². The Hall–Kier alpha value is -3.36. The Labute approximate surface area is 160 Å². The van der Waals surface area contributed by atoms with Gasteiger partial charge in [-0.25, -0.2) is 9.07 Å². The van der Waals surface area contributed by atoms with Gasteiger partial charge in [0.15, 0.2) is 0 Å². The van der Waals surface area contributed by atoms with Crippen molar-refractivity contribution in [3.63, 3.8) is 0 Å². The van der Waals surface area contributed by atoms with Crippen molar-refractivity contribution in [2.75, 3.05) is 18.4 Å². The lowest BCUT2D eigenvalue weighted by molar-refractivity contribution is 0.0720. The largest absolute Gasteiger partial charge is 0.354 e. The molecule has 2 aliphatic rings. The van der Waals surface area contributed by atoms with E-state index in [0.717, 1.165) is 30.8 Å². The van der Waals surface area contributed by atoms with Gasteiger partial charge in [-0.3, -0.25) is 4.79 Å². The lowest BCUT2D eigenvalue weighted by atomic mass is 10.0. The molecule has 0 spiro atoms. The maximum Gasteiger partial charge on any atom is 0.293 e. The summed E-state index contributed by atoms with van der Waals surface area (Å²) in [5.41, 5.74) is 3.03. The highest BCUT2D eigenvalue weighted by Gasteiger charge is 2.27. The molecule has 2 aromatic heterocycles. The lowest BCUT2D eigenvalue weighted by Crippen LogP contribution is -2.37. The number of hydrogen-bond acceptors (Lipinski definition) is 6. The van der Waals surface area contributed by atoms with Crippen molar-refractivity contribution < 1.29 is 9.18 Å². The molecule has 9 heteroatoms. The lowest BCUT2D eigenvalue weighted by Gasteiger charge is -2.27. The van der Waals surface area contributed by atoms with Crippen LogP contribution < -0.4 is 5.32 Å². The van der Waals surface area contributed by atoms with Crippen molar-refractivity contribution in [1.82, 2.24) is 29.9 Å². The third kappa shape index (κ3) is 2.98. The maximum atomic E-state index is 13.5. The summed E-state index contributed by atoms with van der Waals surface area (Å²) in [6.07, 6.45) is 1.58. The standard InChI is InChI=1S/C19H18FN7O/c20-14-4-1-3-12(9-14)16-10-13-11-26(8-5-15(13)23-24-16)18(28)17-22-19-21-6-2-7-27(19)25-17/h1,3-4,9-10H,2,5-8,11H2,(H,21,22,25). The van der Waals surface area contributed by atoms with Crippen LogP contribution in [0.3, 0.4) is 0 Å². The van der Waals surface area contributed by atoms with Gasteiger partial charge < -0.3 is 10.2 Å². The number of nitrogens with one attached hydrogen (secondary N) is 1. The van der Waals surface area contributed by atoms with Crippen molar-refractivity contribution in [2.24, 2.45) is 0 Å². The fraction of sp³-hybridized carbons (Fsp3) is 0.316. The second kappa shape index (κ2) is 6.66. The van der Waals surface area contributed by atoms with Gasteiger partial charge in [0.25, 0.3) is 5.91 Å². The molecule has 0 atom stereocenters. The number of nitrogens with zero attached hydrogens (tertiary/aromatic N) is 6. The Morgan fingerprint density at radius 3 is 2.96 bits per heavy atom. The van der Waals surface area contributed by atoms with Crippen LogP contribution in [-0.4, -0.2) is 48.9 Å². The number of carbonyl (C=O) groups excluding carboxylic acids is 1. The molecule has 0 bridgehead atoms. The van der Waals surface area contributed by atoms with Gasteiger partial charge in [0.1, 0.15) is 5.82 Å². The normalized spacial score (nSPS) is 15.5. The molecule has 0 fully saturated rings. The second-order valence-corrected chi connectivity index (χ2v) is 6.95. The van der Waals surface area contributed by atoms with Gasteiger partial charge in [0.2, 0.25) is 11.8 Å². The molecular formula is C19H18FN7O. The van der Waals surface area contributed by atoms with E-state index >= 15 is 0 Å². The highest BCUT2D eigenvalue weighted by atomic mass is 19.1. The number of halogens is 1. The number of benzene rings is 1. The van der Waals surface area contributed by atoms with Crippen LogP contribution in [0, 0.1) is 5.82 Å². The Balaban J connectivity index is 1.40. The SMILES string of the molecule is O=C(c1nc2n(n1)CCCN2)N1CCc2nnc(-c3cccc(F)c3)cc2C1. The van der Waals surface area contributed by atoms with E-state index in [0.29, 0.717) is 36.7 Å². The molecule has 0 aliphatic carbocycles. The van der Waals surface area contributed by atoms with Crippen molar-refractivity contribution >= 4 is 11.9 Å². The summed E-state index contributed by atoms with van der Waals surface area (Å²) in [5.74, 6) is 0.335. The zero-order chi connectivity index (χ0) is 19.1. The zero-order valence-corrected chi connectivity index (χ0v) is 15.1. The van der Waals surface area contributed by atoms with Gasteiger partial charge in [0.05, 0.1) is 11.4 Å². The third-order valence-electron chi connectivity index (χ3n) is 5.04. The first-order chi connectivity index (χ1) is 13.7. The quantitative estimate of drug-likeness (QED) is 0.731. The molecule has 0 radical (unpaired) electrons. The van der Waals surface area contributed by atoms with Gasteiger partial charge in [-0.2, -0.15) is 15.2 Å². The first-order valence-corrected chi connectivity index (χ1v) is 9.27. The maximum absolute atomic E-state index is 13.5. The smallest absolute Gasteiger partial charge is 0.293 e. The van der Waals surface area contributed by atoms with Crippen molar-refractivity contribution in [3.8, 4) is 11.3 Å². The van der Waals surface area contributed by atoms with Crippen molar-refractivity contribution in [1.29, 1.82) is 0 Å². The monoisotopic (exact) mass is 379 g/mol. The fourth-order valence-corrected chi connectivity index (χ4v) is 3.58. The third-order valence-corrected chi connectivity index (χ3v) is 5.04. The average molecular weight is 379 g/mol. The van der Waals surface area contributed by atoms with Crippen LogP contribution in [0.15, 0.2) is 30.3 Å². The molecule has 1 amide bonds. The number of hydrogen-bond donors (Lipinski definition) is 1. The molecule has 2 aliphatic heterocycles. The van der Waals surface area contributed by atoms with Gasteiger partial charge in [-0.1, -0.05) is 12.1 Å². The van der Waals surface area contributed by atoms with Gasteiger partial charge in [-0.15, -0.1) is 5.10 Å². The Morgan fingerprint density at radius 2 is 2.11 bits per heavy atom. The molecule has 5 rings (SSSR count). The predicted octanol–water partition coefficient (Wildman–Crippen LogP) is 1.89. The first kappa shape index (κ1) is 16.8. The van der Waals surface area contributed by atoms with E-state index in [9.17, 15) is 9.18 Å². The summed E-state index contributed by atoms with van der Waals surface area (Å²) in [5, 5.41) is 16.0. The van der Waals surface area contributed by atoms with Crippen LogP contribution in [0.2, 0.25) is 0 Å². The van der Waals surface area contributed by atoms with Crippen LogP contribution in [-0.2, 0) is 19.5 Å². The van der Waals surface area contributed by atoms with Crippen LogP contribution >= 0.6 is 0 Å². The summed E-state index contributed by atoms with van der Waals surface area (Å²) >= 11 is 0. The van der Waals surface area contributed by atoms with Gasteiger partial charge in [-0.05, 0) is 30.2 Å². The first-order valence-electron chi connectivity index (χ1n) is 9.27. The molecular weight excluding hydrogens is 361 g/mol. The molecule has 0 saturated heterocycles. The molecule has 0 unspecified atom stereocenters. The van der Waals surface area contributed by atoms with E-state index in [2.05, 4.69) is 25.6 Å². The predicted molar refractivity (Wildman–Crippen MR) is 99.0 cm³/mol. The number of amides is 1. The van der Waals surface area contributed by atoms with Gasteiger partial charge >= 0.3 is 0 Å². The van der Waals surface area contributed by atoms with Crippen LogP contribution in [0.25, 0.3) is 11.3 Å². The molecule has 8 nitrogen and oxygen atoms in total. The van der Waals surface area contributed by atoms with Gasteiger partial charge in [0, 0.05) is 38.2 Å². The number of aryl methyl sites for hydroxylation is 1. The minimum atomic E-state index is -0.322. The van der Waals surface area contributed by atoms with Crippen LogP contribution in [0.5, 0.6) is 0 Å². The number of carbonyl (C=O) groups is 1. The van der Waals surface area contributed by atoms with Crippen molar-refractivity contribution in [2.45, 2.75) is 25.9 Å². The molecule has 1 aromatic carbocycles. The Kier molecular flexibility index (Phi) is 4.00. The van der Waals surface area contributed by atoms with E-state index in [1.54, 1.807) is 21.7 Å². The van der Waals surface area contributed by atoms with Crippen LogP contribution in [0.1, 0.15) is 28.3 Å². The van der Waals surface area contributed by atoms with E-state index in [-0.39, 0.29) is 17.5 Å². The fourth-order valence-electron chi connectivity index (χ4n) is 3.58. The van der Waals surface area contributed by atoms with Crippen molar-refractivity contribution in [3.05, 3.63) is 53.2 Å². The van der Waals surface area contributed by atoms with Crippen LogP contribution in [0.4, 0.5) is 10.3 Å². The van der Waals surface area contributed by atoms with E-state index in [1.165, 1.54) is 12.1 Å². The zero-order valence-electron chi connectivity index (χ0n) is 15.1. The molecule has 0 saturated carbocycles. The Morgan fingerprint density at radius 1 is 1.18 bits per heavy atom. The summed E-state index contributed by atoms with van der Waals surface area (Å²) in [7, 11) is 0. The molecule has 3 aromatic rings. The summed E-state index contributed by atoms with van der Waals surface area (Å²) in [4.78, 5) is 19.0. The minimum Gasteiger partial charge on any atom is -0.354 e. The minimum absolute atomic E-state index is 0.196. The summed E-state index contributed by atoms with van der Waals surface area (Å²) < 4.78 is 15.3.